The zero-order chi connectivity index (χ0) is 28.2. The van der Waals surface area contributed by atoms with Gasteiger partial charge in [-0.2, -0.15) is 9.64 Å². The SMILES string of the molecule is CCC(=O)OC1CCN(c2nc(-c3ccc(C(C)CC)cc3)c(N=Nc3snc(C(C)(C)C)c3C#N)s2)CC1. The molecule has 1 aliphatic rings. The predicted molar refractivity (Wildman–Crippen MR) is 158 cm³/mol. The second-order valence-electron chi connectivity index (χ2n) is 10.9. The number of carbonyl (C=O) groups is 1. The lowest BCUT2D eigenvalue weighted by molar-refractivity contribution is -0.149. The summed E-state index contributed by atoms with van der Waals surface area (Å²) in [5, 5.41) is 21.0. The maximum absolute atomic E-state index is 11.7. The number of anilines is 1. The molecule has 3 heterocycles. The summed E-state index contributed by atoms with van der Waals surface area (Å²) in [5.41, 5.74) is 4.00. The highest BCUT2D eigenvalue weighted by atomic mass is 32.1. The third-order valence-corrected chi connectivity index (χ3v) is 8.72. The fourth-order valence-corrected chi connectivity index (χ4v) is 6.20. The molecule has 0 spiro atoms. The van der Waals surface area contributed by atoms with Crippen LogP contribution in [0.5, 0.6) is 0 Å². The van der Waals surface area contributed by atoms with Crippen LogP contribution in [0.2, 0.25) is 0 Å². The van der Waals surface area contributed by atoms with Crippen molar-refractivity contribution in [3.8, 4) is 17.3 Å². The normalized spacial score (nSPS) is 15.5. The average molecular weight is 565 g/mol. The van der Waals surface area contributed by atoms with Gasteiger partial charge in [-0.3, -0.25) is 4.79 Å². The molecule has 0 amide bonds. The van der Waals surface area contributed by atoms with Gasteiger partial charge in [0.25, 0.3) is 0 Å². The second kappa shape index (κ2) is 12.3. The zero-order valence-electron chi connectivity index (χ0n) is 23.5. The molecule has 1 unspecified atom stereocenters. The predicted octanol–water partition coefficient (Wildman–Crippen LogP) is 8.29. The Morgan fingerprint density at radius 2 is 1.85 bits per heavy atom. The Morgan fingerprint density at radius 1 is 1.18 bits per heavy atom. The lowest BCUT2D eigenvalue weighted by Crippen LogP contribution is -2.37. The van der Waals surface area contributed by atoms with Gasteiger partial charge in [-0.25, -0.2) is 4.98 Å². The van der Waals surface area contributed by atoms with E-state index >= 15 is 0 Å². The molecule has 1 saturated heterocycles. The van der Waals surface area contributed by atoms with Crippen molar-refractivity contribution in [3.63, 3.8) is 0 Å². The molecule has 0 radical (unpaired) electrons. The molecule has 0 aliphatic carbocycles. The van der Waals surface area contributed by atoms with E-state index < -0.39 is 0 Å². The van der Waals surface area contributed by atoms with Gasteiger partial charge in [0.05, 0.1) is 5.69 Å². The number of ether oxygens (including phenoxy) is 1. The first-order chi connectivity index (χ1) is 18.6. The molecular weight excluding hydrogens is 528 g/mol. The molecule has 2 aromatic heterocycles. The molecular formula is C29H36N6O2S2. The molecule has 8 nitrogen and oxygen atoms in total. The summed E-state index contributed by atoms with van der Waals surface area (Å²) in [6, 6.07) is 10.8. The first kappa shape index (κ1) is 28.8. The van der Waals surface area contributed by atoms with Crippen LogP contribution in [-0.2, 0) is 14.9 Å². The Kier molecular flexibility index (Phi) is 9.13. The summed E-state index contributed by atoms with van der Waals surface area (Å²) in [5.74, 6) is 0.336. The van der Waals surface area contributed by atoms with Crippen LogP contribution < -0.4 is 4.90 Å². The van der Waals surface area contributed by atoms with Crippen molar-refractivity contribution in [1.29, 1.82) is 5.26 Å². The van der Waals surface area contributed by atoms with Crippen molar-refractivity contribution in [2.75, 3.05) is 18.0 Å². The third kappa shape index (κ3) is 6.71. The van der Waals surface area contributed by atoms with Gasteiger partial charge >= 0.3 is 5.97 Å². The minimum Gasteiger partial charge on any atom is -0.462 e. The number of benzene rings is 1. The van der Waals surface area contributed by atoms with E-state index in [-0.39, 0.29) is 17.5 Å². The first-order valence-electron chi connectivity index (χ1n) is 13.5. The van der Waals surface area contributed by atoms with Crippen molar-refractivity contribution in [1.82, 2.24) is 9.36 Å². The van der Waals surface area contributed by atoms with Gasteiger partial charge < -0.3 is 9.64 Å². The molecule has 1 atom stereocenters. The smallest absolute Gasteiger partial charge is 0.305 e. The lowest BCUT2D eigenvalue weighted by Gasteiger charge is -2.31. The number of rotatable bonds is 8. The van der Waals surface area contributed by atoms with Crippen LogP contribution in [0.15, 0.2) is 34.5 Å². The van der Waals surface area contributed by atoms with E-state index in [2.05, 4.69) is 63.7 Å². The quantitative estimate of drug-likeness (QED) is 0.201. The second-order valence-corrected chi connectivity index (χ2v) is 12.6. The molecule has 0 saturated carbocycles. The molecule has 206 valence electrons. The summed E-state index contributed by atoms with van der Waals surface area (Å²) in [7, 11) is 0. The lowest BCUT2D eigenvalue weighted by atomic mass is 9.90. The number of carbonyl (C=O) groups excluding carboxylic acids is 1. The van der Waals surface area contributed by atoms with E-state index in [1.165, 1.54) is 28.4 Å². The summed E-state index contributed by atoms with van der Waals surface area (Å²) in [6.45, 7) is 13.8. The van der Waals surface area contributed by atoms with Crippen LogP contribution in [0, 0.1) is 11.3 Å². The number of piperidine rings is 1. The number of hydrogen-bond donors (Lipinski definition) is 0. The Labute approximate surface area is 238 Å². The molecule has 4 rings (SSSR count). The van der Waals surface area contributed by atoms with E-state index in [0.717, 1.165) is 54.4 Å². The monoisotopic (exact) mass is 564 g/mol. The van der Waals surface area contributed by atoms with Gasteiger partial charge in [-0.1, -0.05) is 77.1 Å². The Morgan fingerprint density at radius 3 is 2.44 bits per heavy atom. The first-order valence-corrected chi connectivity index (χ1v) is 15.1. The van der Waals surface area contributed by atoms with Gasteiger partial charge in [0, 0.05) is 43.3 Å². The highest BCUT2D eigenvalue weighted by Crippen LogP contribution is 2.43. The molecule has 1 aromatic carbocycles. The van der Waals surface area contributed by atoms with Crippen molar-refractivity contribution in [2.24, 2.45) is 10.2 Å². The zero-order valence-corrected chi connectivity index (χ0v) is 25.2. The molecule has 10 heteroatoms. The molecule has 0 N–H and O–H groups in total. The number of nitrogens with zero attached hydrogens (tertiary/aromatic N) is 6. The van der Waals surface area contributed by atoms with Crippen LogP contribution >= 0.6 is 22.9 Å². The molecule has 1 fully saturated rings. The number of aromatic nitrogens is 2. The van der Waals surface area contributed by atoms with Gasteiger partial charge in [-0.15, -0.1) is 10.2 Å². The number of nitriles is 1. The van der Waals surface area contributed by atoms with E-state index in [0.29, 0.717) is 27.9 Å². The van der Waals surface area contributed by atoms with E-state index in [4.69, 9.17) is 9.72 Å². The summed E-state index contributed by atoms with van der Waals surface area (Å²) < 4.78 is 10.1. The van der Waals surface area contributed by atoms with Crippen molar-refractivity contribution >= 4 is 44.0 Å². The Balaban J connectivity index is 1.65. The van der Waals surface area contributed by atoms with Crippen molar-refractivity contribution < 1.29 is 9.53 Å². The average Bonchev–Trinajstić information content (AvgIpc) is 3.56. The van der Waals surface area contributed by atoms with Gasteiger partial charge in [-0.05, 0) is 29.4 Å². The third-order valence-electron chi connectivity index (χ3n) is 6.99. The van der Waals surface area contributed by atoms with E-state index in [1.54, 1.807) is 0 Å². The Hall–Kier alpha value is -3.16. The molecule has 1 aliphatic heterocycles. The maximum atomic E-state index is 11.7. The van der Waals surface area contributed by atoms with Gasteiger partial charge in [0.1, 0.15) is 23.4 Å². The standard InChI is InChI=1S/C29H36N6O2S2/c1-7-18(3)19-9-11-20(12-10-19)24-27(33-32-26-22(17-30)25(34-39-26)29(4,5)6)38-28(31-24)35-15-13-21(14-16-35)37-23(36)8-2/h9-12,18,21H,7-8,13-16H2,1-6H3. The van der Waals surface area contributed by atoms with Crippen LogP contribution in [0.25, 0.3) is 11.3 Å². The van der Waals surface area contributed by atoms with Crippen LogP contribution in [-0.4, -0.2) is 34.5 Å². The number of azo groups is 1. The maximum Gasteiger partial charge on any atom is 0.305 e. The highest BCUT2D eigenvalue weighted by molar-refractivity contribution is 7.19. The Bertz CT molecular complexity index is 1360. The van der Waals surface area contributed by atoms with Gasteiger partial charge in [0.2, 0.25) is 0 Å². The van der Waals surface area contributed by atoms with E-state index in [1.807, 2.05) is 27.7 Å². The van der Waals surface area contributed by atoms with Crippen LogP contribution in [0.1, 0.15) is 90.0 Å². The molecule has 39 heavy (non-hydrogen) atoms. The summed E-state index contributed by atoms with van der Waals surface area (Å²) in [6.07, 6.45) is 2.96. The van der Waals surface area contributed by atoms with Crippen molar-refractivity contribution in [3.05, 3.63) is 41.1 Å². The fraction of sp³-hybridized carbons (Fsp3) is 0.517. The molecule has 0 bridgehead atoms. The minimum atomic E-state index is -0.257. The fourth-order valence-electron chi connectivity index (χ4n) is 4.38. The summed E-state index contributed by atoms with van der Waals surface area (Å²) >= 11 is 2.69. The van der Waals surface area contributed by atoms with Crippen LogP contribution in [0.4, 0.5) is 15.1 Å². The van der Waals surface area contributed by atoms with Crippen LogP contribution in [0.3, 0.4) is 0 Å². The van der Waals surface area contributed by atoms with Crippen molar-refractivity contribution in [2.45, 2.75) is 84.7 Å². The highest BCUT2D eigenvalue weighted by Gasteiger charge is 2.27. The molecule has 3 aromatic rings. The number of hydrogen-bond acceptors (Lipinski definition) is 10. The minimum absolute atomic E-state index is 0.0480. The van der Waals surface area contributed by atoms with E-state index in [9.17, 15) is 10.1 Å². The number of esters is 1. The number of thiazole rings is 1. The summed E-state index contributed by atoms with van der Waals surface area (Å²) in [4.78, 5) is 19.0. The topological polar surface area (TPSA) is 104 Å². The largest absolute Gasteiger partial charge is 0.462 e. The van der Waals surface area contributed by atoms with Gasteiger partial charge in [0.15, 0.2) is 15.1 Å².